The van der Waals surface area contributed by atoms with Gasteiger partial charge in [0.05, 0.1) is 0 Å². The molecule has 3 unspecified atom stereocenters. The minimum Gasteiger partial charge on any atom is -0.507 e. The zero-order valence-electron chi connectivity index (χ0n) is 21.9. The predicted molar refractivity (Wildman–Crippen MR) is 144 cm³/mol. The van der Waals surface area contributed by atoms with E-state index in [4.69, 9.17) is 4.74 Å². The zero-order chi connectivity index (χ0) is 26.0. The molecule has 188 valence electrons. The van der Waals surface area contributed by atoms with E-state index in [0.717, 1.165) is 40.6 Å². The van der Waals surface area contributed by atoms with Gasteiger partial charge in [0.1, 0.15) is 28.2 Å². The minimum atomic E-state index is -0.740. The molecule has 0 radical (unpaired) electrons. The van der Waals surface area contributed by atoms with E-state index in [9.17, 15) is 9.90 Å². The average Bonchev–Trinajstić information content (AvgIpc) is 3.32. The van der Waals surface area contributed by atoms with Crippen molar-refractivity contribution in [1.82, 2.24) is 15.0 Å². The molecule has 0 aliphatic heterocycles. The van der Waals surface area contributed by atoms with Crippen molar-refractivity contribution in [3.8, 4) is 17.2 Å². The van der Waals surface area contributed by atoms with Crippen LogP contribution in [0.4, 0.5) is 0 Å². The molecule has 6 nitrogen and oxygen atoms in total. The van der Waals surface area contributed by atoms with Gasteiger partial charge in [-0.2, -0.15) is 0 Å². The van der Waals surface area contributed by atoms with Gasteiger partial charge >= 0.3 is 0 Å². The highest BCUT2D eigenvalue weighted by Gasteiger charge is 2.24. The lowest BCUT2D eigenvalue weighted by atomic mass is 9.87. The van der Waals surface area contributed by atoms with Crippen LogP contribution in [0.2, 0.25) is 0 Å². The molecule has 0 aliphatic rings. The third-order valence-electron chi connectivity index (χ3n) is 7.03. The molecule has 1 aromatic heterocycles. The number of aromatic nitrogens is 3. The number of fused-ring (bicyclic) bond motifs is 1. The summed E-state index contributed by atoms with van der Waals surface area (Å²) in [5, 5.41) is 20.2. The van der Waals surface area contributed by atoms with Crippen LogP contribution in [0.1, 0.15) is 86.3 Å². The van der Waals surface area contributed by atoms with Crippen LogP contribution in [0.3, 0.4) is 0 Å². The van der Waals surface area contributed by atoms with E-state index >= 15 is 0 Å². The van der Waals surface area contributed by atoms with Gasteiger partial charge in [0.2, 0.25) is 5.78 Å². The molecule has 6 heteroatoms. The maximum Gasteiger partial charge on any atom is 0.203 e. The van der Waals surface area contributed by atoms with E-state index in [1.54, 1.807) is 11.7 Å². The second-order valence-electron chi connectivity index (χ2n) is 9.70. The average molecular weight is 486 g/mol. The number of aromatic hydroxyl groups is 1. The standard InChI is InChI=1S/C30H35N3O3/c1-7-19(4)23-16-22(17-24(30(23)35)20(5)8-2)29(34)21(6)36-28-14-13-18(3)15-27(28)33-31-25-11-9-10-12-26(25)32-33/h9-17,19-21,35H,7-8H2,1-6H3. The Hall–Kier alpha value is -3.67. The van der Waals surface area contributed by atoms with E-state index in [0.29, 0.717) is 22.7 Å². The van der Waals surface area contributed by atoms with Crippen LogP contribution in [0.5, 0.6) is 11.5 Å². The van der Waals surface area contributed by atoms with Crippen LogP contribution in [-0.4, -0.2) is 32.0 Å². The lowest BCUT2D eigenvalue weighted by Gasteiger charge is -2.21. The van der Waals surface area contributed by atoms with Gasteiger partial charge in [-0.3, -0.25) is 4.79 Å². The number of aryl methyl sites for hydroxylation is 1. The summed E-state index contributed by atoms with van der Waals surface area (Å²) in [6, 6.07) is 17.1. The van der Waals surface area contributed by atoms with Crippen molar-refractivity contribution in [1.29, 1.82) is 0 Å². The number of ether oxygens (including phenoxy) is 1. The largest absolute Gasteiger partial charge is 0.507 e. The van der Waals surface area contributed by atoms with E-state index in [1.807, 2.05) is 61.5 Å². The first-order chi connectivity index (χ1) is 17.2. The topological polar surface area (TPSA) is 77.2 Å². The molecule has 4 aromatic rings. The van der Waals surface area contributed by atoms with Crippen LogP contribution in [0, 0.1) is 6.92 Å². The van der Waals surface area contributed by atoms with Crippen molar-refractivity contribution in [2.24, 2.45) is 0 Å². The number of benzene rings is 3. The number of hydrogen-bond acceptors (Lipinski definition) is 5. The third-order valence-corrected chi connectivity index (χ3v) is 7.03. The van der Waals surface area contributed by atoms with Gasteiger partial charge in [-0.15, -0.1) is 15.0 Å². The number of hydrogen-bond donors (Lipinski definition) is 1. The Morgan fingerprint density at radius 2 is 1.47 bits per heavy atom. The summed E-state index contributed by atoms with van der Waals surface area (Å²) in [7, 11) is 0. The van der Waals surface area contributed by atoms with Crippen molar-refractivity contribution < 1.29 is 14.6 Å². The number of phenols is 1. The van der Waals surface area contributed by atoms with Gasteiger partial charge in [0.15, 0.2) is 6.10 Å². The SMILES string of the molecule is CCC(C)c1cc(C(=O)C(C)Oc2ccc(C)cc2-n2nc3ccccc3n2)cc(C(C)CC)c1O. The Morgan fingerprint density at radius 1 is 0.917 bits per heavy atom. The Kier molecular flexibility index (Phi) is 7.43. The number of Topliss-reactive ketones (excluding diaryl/α,β-unsaturated/α-hetero) is 1. The van der Waals surface area contributed by atoms with Crippen LogP contribution >= 0.6 is 0 Å². The van der Waals surface area contributed by atoms with Crippen molar-refractivity contribution in [3.05, 3.63) is 76.9 Å². The van der Waals surface area contributed by atoms with Crippen molar-refractivity contribution >= 4 is 16.8 Å². The highest BCUT2D eigenvalue weighted by Crippen LogP contribution is 2.37. The first-order valence-corrected chi connectivity index (χ1v) is 12.7. The van der Waals surface area contributed by atoms with E-state index in [-0.39, 0.29) is 17.6 Å². The first kappa shape index (κ1) is 25.4. The molecule has 0 bridgehead atoms. The smallest absolute Gasteiger partial charge is 0.203 e. The number of ketones is 1. The summed E-state index contributed by atoms with van der Waals surface area (Å²) < 4.78 is 6.24. The van der Waals surface area contributed by atoms with Crippen LogP contribution in [-0.2, 0) is 0 Å². The monoisotopic (exact) mass is 485 g/mol. The maximum atomic E-state index is 13.6. The summed E-state index contributed by atoms with van der Waals surface area (Å²) in [5.41, 5.74) is 5.47. The van der Waals surface area contributed by atoms with E-state index in [1.165, 1.54) is 0 Å². The summed E-state index contributed by atoms with van der Waals surface area (Å²) in [6.07, 6.45) is 1.00. The van der Waals surface area contributed by atoms with Crippen LogP contribution in [0.25, 0.3) is 16.7 Å². The zero-order valence-corrected chi connectivity index (χ0v) is 21.9. The number of carbonyl (C=O) groups excluding carboxylic acids is 1. The molecule has 3 aromatic carbocycles. The van der Waals surface area contributed by atoms with Crippen molar-refractivity contribution in [2.45, 2.75) is 72.3 Å². The number of rotatable bonds is 9. The summed E-state index contributed by atoms with van der Waals surface area (Å²) >= 11 is 0. The first-order valence-electron chi connectivity index (χ1n) is 12.7. The molecule has 3 atom stereocenters. The maximum absolute atomic E-state index is 13.6. The molecule has 1 N–H and O–H groups in total. The fraction of sp³-hybridized carbons (Fsp3) is 0.367. The van der Waals surface area contributed by atoms with Gasteiger partial charge in [-0.1, -0.05) is 45.9 Å². The Balaban J connectivity index is 1.69. The molecule has 0 saturated heterocycles. The Morgan fingerprint density at radius 3 is 2.00 bits per heavy atom. The Labute approximate surface area is 212 Å². The predicted octanol–water partition coefficient (Wildman–Crippen LogP) is 7.11. The highest BCUT2D eigenvalue weighted by molar-refractivity contribution is 6.00. The molecule has 0 saturated carbocycles. The molecule has 36 heavy (non-hydrogen) atoms. The quantitative estimate of drug-likeness (QED) is 0.256. The number of nitrogens with zero attached hydrogens (tertiary/aromatic N) is 3. The third kappa shape index (κ3) is 4.99. The fourth-order valence-electron chi connectivity index (χ4n) is 4.34. The lowest BCUT2D eigenvalue weighted by Crippen LogP contribution is -2.25. The van der Waals surface area contributed by atoms with Gasteiger partial charge in [-0.25, -0.2) is 0 Å². The number of phenolic OH excluding ortho intramolecular Hbond substituents is 1. The second-order valence-corrected chi connectivity index (χ2v) is 9.70. The molecule has 0 amide bonds. The normalized spacial score (nSPS) is 13.9. The van der Waals surface area contributed by atoms with Crippen molar-refractivity contribution in [2.75, 3.05) is 0 Å². The summed E-state index contributed by atoms with van der Waals surface area (Å²) in [5.74, 6) is 0.988. The fourth-order valence-corrected chi connectivity index (χ4v) is 4.34. The van der Waals surface area contributed by atoms with Crippen LogP contribution < -0.4 is 4.74 Å². The highest BCUT2D eigenvalue weighted by atomic mass is 16.5. The summed E-state index contributed by atoms with van der Waals surface area (Å²) in [4.78, 5) is 15.2. The van der Waals surface area contributed by atoms with E-state index < -0.39 is 6.10 Å². The Bertz CT molecular complexity index is 1330. The second kappa shape index (κ2) is 10.5. The summed E-state index contributed by atoms with van der Waals surface area (Å²) in [6.45, 7) is 12.1. The van der Waals surface area contributed by atoms with Gasteiger partial charge in [-0.05, 0) is 91.6 Å². The van der Waals surface area contributed by atoms with Crippen LogP contribution in [0.15, 0.2) is 54.6 Å². The van der Waals surface area contributed by atoms with Gasteiger partial charge < -0.3 is 9.84 Å². The molecular weight excluding hydrogens is 450 g/mol. The van der Waals surface area contributed by atoms with Gasteiger partial charge in [0.25, 0.3) is 0 Å². The molecular formula is C30H35N3O3. The minimum absolute atomic E-state index is 0.130. The number of carbonyl (C=O) groups is 1. The van der Waals surface area contributed by atoms with E-state index in [2.05, 4.69) is 37.9 Å². The molecule has 4 rings (SSSR count). The molecule has 1 heterocycles. The molecule has 0 fully saturated rings. The lowest BCUT2D eigenvalue weighted by molar-refractivity contribution is 0.0817. The molecule has 0 aliphatic carbocycles. The molecule has 0 spiro atoms. The van der Waals surface area contributed by atoms with Crippen molar-refractivity contribution in [3.63, 3.8) is 0 Å². The van der Waals surface area contributed by atoms with Gasteiger partial charge in [0, 0.05) is 5.56 Å².